The summed E-state index contributed by atoms with van der Waals surface area (Å²) in [6.45, 7) is 0.121. The lowest BCUT2D eigenvalue weighted by molar-refractivity contribution is -0.153. The van der Waals surface area contributed by atoms with Crippen molar-refractivity contribution in [2.75, 3.05) is 34.7 Å². The summed E-state index contributed by atoms with van der Waals surface area (Å²) in [4.78, 5) is 27.1. The van der Waals surface area contributed by atoms with Gasteiger partial charge in [-0.1, -0.05) is 54.1 Å². The Morgan fingerprint density at radius 3 is 2.34 bits per heavy atom. The largest absolute Gasteiger partial charge is 0.493 e. The van der Waals surface area contributed by atoms with E-state index in [1.54, 1.807) is 6.07 Å². The Kier molecular flexibility index (Phi) is 7.13. The third-order valence-electron chi connectivity index (χ3n) is 8.73. The fourth-order valence-corrected chi connectivity index (χ4v) is 7.12. The van der Waals surface area contributed by atoms with Gasteiger partial charge in [0.25, 0.3) is 0 Å². The molecule has 1 saturated heterocycles. The predicted molar refractivity (Wildman–Crippen MR) is 160 cm³/mol. The van der Waals surface area contributed by atoms with Crippen molar-refractivity contribution in [3.05, 3.63) is 87.9 Å². The number of cyclic esters (lactones) is 1. The lowest BCUT2D eigenvalue weighted by Crippen LogP contribution is -2.37. The number of hydrogen-bond acceptors (Lipinski definition) is 9. The summed E-state index contributed by atoms with van der Waals surface area (Å²) in [7, 11) is 4.49. The molecule has 0 saturated carbocycles. The van der Waals surface area contributed by atoms with Gasteiger partial charge in [-0.25, -0.2) is 0 Å². The van der Waals surface area contributed by atoms with Crippen LogP contribution in [0.2, 0.25) is 5.02 Å². The summed E-state index contributed by atoms with van der Waals surface area (Å²) in [6.07, 6.45) is -0.720. The Balaban J connectivity index is 1.35. The normalized spacial score (nSPS) is 21.3. The molecule has 1 fully saturated rings. The average Bonchev–Trinajstić information content (AvgIpc) is 3.66. The third kappa shape index (κ3) is 4.45. The number of halogens is 1. The highest BCUT2D eigenvalue weighted by molar-refractivity contribution is 6.33. The van der Waals surface area contributed by atoms with Gasteiger partial charge in [-0.05, 0) is 45.7 Å². The first-order chi connectivity index (χ1) is 21.4. The molecule has 0 unspecified atom stereocenters. The molecule has 0 amide bonds. The van der Waals surface area contributed by atoms with E-state index in [4.69, 9.17) is 44.8 Å². The van der Waals surface area contributed by atoms with Gasteiger partial charge in [0.15, 0.2) is 23.0 Å². The minimum atomic E-state index is -0.782. The monoisotopic (exact) mass is 616 g/mol. The molecular formula is C34H29ClO9. The Morgan fingerprint density at radius 1 is 0.864 bits per heavy atom. The number of benzene rings is 4. The van der Waals surface area contributed by atoms with E-state index in [1.807, 2.05) is 54.6 Å². The number of carbonyl (C=O) groups is 2. The van der Waals surface area contributed by atoms with Gasteiger partial charge in [0.1, 0.15) is 6.10 Å². The van der Waals surface area contributed by atoms with Crippen LogP contribution in [0.25, 0.3) is 10.8 Å². The lowest BCUT2D eigenvalue weighted by atomic mass is 9.66. The minimum Gasteiger partial charge on any atom is -0.493 e. The fraction of sp³-hybridized carbons (Fsp3) is 0.294. The van der Waals surface area contributed by atoms with Crippen molar-refractivity contribution < 1.29 is 42.7 Å². The van der Waals surface area contributed by atoms with Gasteiger partial charge in [0.05, 0.1) is 45.3 Å². The molecular weight excluding hydrogens is 588 g/mol. The molecule has 0 aromatic heterocycles. The summed E-state index contributed by atoms with van der Waals surface area (Å²) in [5.41, 5.74) is 2.83. The standard InChI is InChI=1S/C34H29ClO9/c1-38-26-14-22(30(35)33(40-3)32(26)39-2)28-20-12-24-25(43-16-42-24)13-21(20)31(23-15-41-34(37)29(23)28)44-27(36)11-18-9-6-8-17-7-4-5-10-19(17)18/h4-10,12-14,23,28-29,31H,11,15-16H2,1-3H3/t23-,28-,29-,31-/m0/s1. The quantitative estimate of drug-likeness (QED) is 0.231. The van der Waals surface area contributed by atoms with Gasteiger partial charge in [0, 0.05) is 17.4 Å². The van der Waals surface area contributed by atoms with E-state index in [-0.39, 0.29) is 30.6 Å². The summed E-state index contributed by atoms with van der Waals surface area (Å²) in [5, 5.41) is 2.28. The van der Waals surface area contributed by atoms with Crippen molar-refractivity contribution in [2.45, 2.75) is 18.4 Å². The third-order valence-corrected chi connectivity index (χ3v) is 9.11. The summed E-state index contributed by atoms with van der Waals surface area (Å²) in [5.74, 6) is -0.619. The fourth-order valence-electron chi connectivity index (χ4n) is 6.79. The van der Waals surface area contributed by atoms with Gasteiger partial charge in [0.2, 0.25) is 12.5 Å². The molecule has 0 radical (unpaired) electrons. The maximum absolute atomic E-state index is 13.6. The van der Waals surface area contributed by atoms with Crippen molar-refractivity contribution in [1.82, 2.24) is 0 Å². The van der Waals surface area contributed by atoms with E-state index in [0.29, 0.717) is 39.7 Å². The van der Waals surface area contributed by atoms with E-state index in [0.717, 1.165) is 16.3 Å². The number of methoxy groups -OCH3 is 3. The minimum absolute atomic E-state index is 0.0499. The molecule has 1 aliphatic carbocycles. The van der Waals surface area contributed by atoms with Crippen LogP contribution in [0.5, 0.6) is 28.7 Å². The molecule has 3 aliphatic rings. The Hall–Kier alpha value is -4.63. The van der Waals surface area contributed by atoms with E-state index < -0.39 is 35.8 Å². The highest BCUT2D eigenvalue weighted by Gasteiger charge is 2.54. The van der Waals surface area contributed by atoms with Gasteiger partial charge >= 0.3 is 11.9 Å². The number of hydrogen-bond donors (Lipinski definition) is 0. The second-order valence-electron chi connectivity index (χ2n) is 10.9. The molecule has 7 rings (SSSR count). The van der Waals surface area contributed by atoms with Crippen molar-refractivity contribution in [3.63, 3.8) is 0 Å². The van der Waals surface area contributed by atoms with Crippen LogP contribution in [-0.2, 0) is 25.5 Å². The molecule has 44 heavy (non-hydrogen) atoms. The first-order valence-electron chi connectivity index (χ1n) is 14.2. The van der Waals surface area contributed by atoms with Crippen LogP contribution in [-0.4, -0.2) is 46.7 Å². The topological polar surface area (TPSA) is 98.8 Å². The second kappa shape index (κ2) is 11.1. The Morgan fingerprint density at radius 2 is 1.59 bits per heavy atom. The van der Waals surface area contributed by atoms with Crippen molar-refractivity contribution >= 4 is 34.3 Å². The summed E-state index contributed by atoms with van der Waals surface area (Å²) >= 11 is 6.98. The molecule has 0 N–H and O–H groups in total. The summed E-state index contributed by atoms with van der Waals surface area (Å²) < 4.78 is 40.2. The van der Waals surface area contributed by atoms with E-state index in [9.17, 15) is 9.59 Å². The molecule has 0 bridgehead atoms. The van der Waals surface area contributed by atoms with E-state index in [1.165, 1.54) is 21.3 Å². The smallest absolute Gasteiger partial charge is 0.310 e. The molecule has 4 aromatic rings. The molecule has 9 nitrogen and oxygen atoms in total. The van der Waals surface area contributed by atoms with Crippen LogP contribution in [0.4, 0.5) is 0 Å². The molecule has 4 aromatic carbocycles. The molecule has 2 aliphatic heterocycles. The van der Waals surface area contributed by atoms with Gasteiger partial charge < -0.3 is 33.2 Å². The van der Waals surface area contributed by atoms with E-state index >= 15 is 0 Å². The van der Waals surface area contributed by atoms with Crippen LogP contribution in [0.3, 0.4) is 0 Å². The highest BCUT2D eigenvalue weighted by Crippen LogP contribution is 2.58. The number of esters is 2. The maximum atomic E-state index is 13.6. The van der Waals surface area contributed by atoms with Gasteiger partial charge in [-0.15, -0.1) is 0 Å². The van der Waals surface area contributed by atoms with Crippen molar-refractivity contribution in [1.29, 1.82) is 0 Å². The molecule has 4 atom stereocenters. The number of fused-ring (bicyclic) bond motifs is 4. The van der Waals surface area contributed by atoms with Crippen LogP contribution < -0.4 is 23.7 Å². The molecule has 10 heteroatoms. The summed E-state index contributed by atoms with van der Waals surface area (Å²) in [6, 6.07) is 19.1. The van der Waals surface area contributed by atoms with Gasteiger partial charge in [-0.2, -0.15) is 0 Å². The number of rotatable bonds is 7. The van der Waals surface area contributed by atoms with Crippen LogP contribution in [0, 0.1) is 11.8 Å². The second-order valence-corrected chi connectivity index (χ2v) is 11.3. The van der Waals surface area contributed by atoms with E-state index in [2.05, 4.69) is 0 Å². The average molecular weight is 617 g/mol. The zero-order valence-electron chi connectivity index (χ0n) is 24.3. The molecule has 0 spiro atoms. The Labute approximate surface area is 258 Å². The predicted octanol–water partition coefficient (Wildman–Crippen LogP) is 6.01. The van der Waals surface area contributed by atoms with Crippen LogP contribution in [0.15, 0.2) is 60.7 Å². The Bertz CT molecular complexity index is 1800. The highest BCUT2D eigenvalue weighted by atomic mass is 35.5. The van der Waals surface area contributed by atoms with Crippen molar-refractivity contribution in [3.8, 4) is 28.7 Å². The zero-order valence-corrected chi connectivity index (χ0v) is 25.0. The number of carbonyl (C=O) groups excluding carboxylic acids is 2. The van der Waals surface area contributed by atoms with Gasteiger partial charge in [-0.3, -0.25) is 9.59 Å². The molecule has 2 heterocycles. The number of ether oxygens (including phenoxy) is 7. The zero-order chi connectivity index (χ0) is 30.5. The molecule has 226 valence electrons. The van der Waals surface area contributed by atoms with Crippen molar-refractivity contribution in [2.24, 2.45) is 11.8 Å². The lowest BCUT2D eigenvalue weighted by Gasteiger charge is -2.39. The van der Waals surface area contributed by atoms with Crippen LogP contribution in [0.1, 0.15) is 34.3 Å². The SMILES string of the molecule is COc1cc([C@@H]2c3cc4c(cc3[C@H](OC(=O)Cc3cccc5ccccc35)[C@H]3COC(=O)[C@H]23)OCO4)c(Cl)c(OC)c1OC. The first kappa shape index (κ1) is 28.2. The maximum Gasteiger partial charge on any atom is 0.310 e. The first-order valence-corrected chi connectivity index (χ1v) is 14.6. The van der Waals surface area contributed by atoms with Crippen LogP contribution >= 0.6 is 11.6 Å².